The molecule has 112 valence electrons. The zero-order valence-electron chi connectivity index (χ0n) is 10.7. The van der Waals surface area contributed by atoms with Gasteiger partial charge in [0.25, 0.3) is 0 Å². The van der Waals surface area contributed by atoms with Crippen LogP contribution in [0.15, 0.2) is 30.3 Å². The maximum Gasteiger partial charge on any atom is 0.303 e. The molecule has 5 heteroatoms. The molecule has 0 aromatic heterocycles. The molecule has 0 bridgehead atoms. The SMILES string of the molecule is C.O=C(O)CCCOC1COC(c2ccccc2)OC1. The van der Waals surface area contributed by atoms with Gasteiger partial charge in [0.05, 0.1) is 13.2 Å². The lowest BCUT2D eigenvalue weighted by atomic mass is 10.2. The molecule has 0 aliphatic carbocycles. The fraction of sp³-hybridized carbons (Fsp3) is 0.533. The monoisotopic (exact) mass is 282 g/mol. The lowest BCUT2D eigenvalue weighted by molar-refractivity contribution is -0.230. The number of carboxylic acids is 1. The highest BCUT2D eigenvalue weighted by Gasteiger charge is 2.23. The van der Waals surface area contributed by atoms with Gasteiger partial charge in [0.2, 0.25) is 0 Å². The van der Waals surface area contributed by atoms with E-state index in [9.17, 15) is 4.79 Å². The molecule has 0 atom stereocenters. The molecule has 2 rings (SSSR count). The van der Waals surface area contributed by atoms with E-state index in [4.69, 9.17) is 19.3 Å². The molecule has 1 aliphatic heterocycles. The van der Waals surface area contributed by atoms with Gasteiger partial charge in [0.15, 0.2) is 6.29 Å². The van der Waals surface area contributed by atoms with Gasteiger partial charge in [-0.3, -0.25) is 4.79 Å². The highest BCUT2D eigenvalue weighted by atomic mass is 16.7. The van der Waals surface area contributed by atoms with E-state index in [0.717, 1.165) is 5.56 Å². The summed E-state index contributed by atoms with van der Waals surface area (Å²) in [5.74, 6) is -0.802. The van der Waals surface area contributed by atoms with Crippen molar-refractivity contribution < 1.29 is 24.1 Å². The lowest BCUT2D eigenvalue weighted by Gasteiger charge is -2.29. The minimum atomic E-state index is -0.802. The highest BCUT2D eigenvalue weighted by molar-refractivity contribution is 5.66. The summed E-state index contributed by atoms with van der Waals surface area (Å²) in [7, 11) is 0. The van der Waals surface area contributed by atoms with Crippen LogP contribution in [0.3, 0.4) is 0 Å². The maximum atomic E-state index is 10.3. The molecule has 1 aromatic rings. The molecule has 1 saturated heterocycles. The van der Waals surface area contributed by atoms with Crippen LogP contribution in [-0.2, 0) is 19.0 Å². The summed E-state index contributed by atoms with van der Waals surface area (Å²) in [6.45, 7) is 1.35. The molecule has 0 radical (unpaired) electrons. The van der Waals surface area contributed by atoms with Crippen LogP contribution in [0.4, 0.5) is 0 Å². The summed E-state index contributed by atoms with van der Waals surface area (Å²) >= 11 is 0. The molecular formula is C15H22O5. The van der Waals surface area contributed by atoms with Crippen LogP contribution in [0.5, 0.6) is 0 Å². The predicted octanol–water partition coefficient (Wildman–Crippen LogP) is 2.62. The number of carbonyl (C=O) groups is 1. The Bertz CT molecular complexity index is 385. The predicted molar refractivity (Wildman–Crippen MR) is 74.4 cm³/mol. The van der Waals surface area contributed by atoms with Gasteiger partial charge in [-0.1, -0.05) is 37.8 Å². The number of benzene rings is 1. The van der Waals surface area contributed by atoms with Crippen LogP contribution in [0.2, 0.25) is 0 Å². The van der Waals surface area contributed by atoms with Crippen LogP contribution < -0.4 is 0 Å². The largest absolute Gasteiger partial charge is 0.481 e. The third kappa shape index (κ3) is 5.28. The summed E-state index contributed by atoms with van der Waals surface area (Å²) in [5, 5.41) is 8.51. The Balaban J connectivity index is 0.00000200. The van der Waals surface area contributed by atoms with Gasteiger partial charge in [0, 0.05) is 18.6 Å². The number of hydrogen-bond donors (Lipinski definition) is 1. The quantitative estimate of drug-likeness (QED) is 0.812. The van der Waals surface area contributed by atoms with E-state index in [0.29, 0.717) is 26.2 Å². The van der Waals surface area contributed by atoms with E-state index < -0.39 is 5.97 Å². The summed E-state index contributed by atoms with van der Waals surface area (Å²) in [5.41, 5.74) is 0.992. The molecule has 0 amide bonds. The first-order valence-electron chi connectivity index (χ1n) is 6.37. The van der Waals surface area contributed by atoms with Gasteiger partial charge in [0.1, 0.15) is 6.10 Å². The van der Waals surface area contributed by atoms with Crippen LogP contribution in [0, 0.1) is 0 Å². The fourth-order valence-electron chi connectivity index (χ4n) is 1.86. The molecule has 0 spiro atoms. The summed E-state index contributed by atoms with van der Waals surface area (Å²) in [6, 6.07) is 9.74. The molecule has 1 aromatic carbocycles. The Labute approximate surface area is 119 Å². The van der Waals surface area contributed by atoms with Crippen molar-refractivity contribution in [2.24, 2.45) is 0 Å². The first-order chi connectivity index (χ1) is 9.25. The number of aliphatic carboxylic acids is 1. The maximum absolute atomic E-state index is 10.3. The molecule has 1 N–H and O–H groups in total. The Morgan fingerprint density at radius 2 is 1.90 bits per heavy atom. The fourth-order valence-corrected chi connectivity index (χ4v) is 1.86. The number of carboxylic acid groups (broad SMARTS) is 1. The van der Waals surface area contributed by atoms with Crippen molar-refractivity contribution in [2.75, 3.05) is 19.8 Å². The molecule has 5 nitrogen and oxygen atoms in total. The summed E-state index contributed by atoms with van der Waals surface area (Å²) in [4.78, 5) is 10.3. The second kappa shape index (κ2) is 8.68. The Hall–Kier alpha value is -1.43. The first-order valence-corrected chi connectivity index (χ1v) is 6.37. The van der Waals surface area contributed by atoms with Gasteiger partial charge in [-0.05, 0) is 6.42 Å². The van der Waals surface area contributed by atoms with Crippen LogP contribution in [0.25, 0.3) is 0 Å². The second-order valence-corrected chi connectivity index (χ2v) is 4.40. The van der Waals surface area contributed by atoms with Crippen molar-refractivity contribution in [3.05, 3.63) is 35.9 Å². The zero-order chi connectivity index (χ0) is 13.5. The van der Waals surface area contributed by atoms with Gasteiger partial charge < -0.3 is 19.3 Å². The topological polar surface area (TPSA) is 65.0 Å². The van der Waals surface area contributed by atoms with E-state index >= 15 is 0 Å². The highest BCUT2D eigenvalue weighted by Crippen LogP contribution is 2.23. The van der Waals surface area contributed by atoms with Crippen molar-refractivity contribution in [2.45, 2.75) is 32.7 Å². The van der Waals surface area contributed by atoms with Crippen molar-refractivity contribution in [1.29, 1.82) is 0 Å². The van der Waals surface area contributed by atoms with Crippen molar-refractivity contribution >= 4 is 5.97 Å². The molecule has 0 saturated carbocycles. The van der Waals surface area contributed by atoms with E-state index in [1.807, 2.05) is 30.3 Å². The van der Waals surface area contributed by atoms with Gasteiger partial charge in [-0.15, -0.1) is 0 Å². The van der Waals surface area contributed by atoms with E-state index in [-0.39, 0.29) is 26.2 Å². The van der Waals surface area contributed by atoms with Gasteiger partial charge in [-0.2, -0.15) is 0 Å². The van der Waals surface area contributed by atoms with Gasteiger partial charge >= 0.3 is 5.97 Å². The Kier molecular flexibility index (Phi) is 7.22. The number of ether oxygens (including phenoxy) is 3. The Morgan fingerprint density at radius 3 is 2.50 bits per heavy atom. The lowest BCUT2D eigenvalue weighted by Crippen LogP contribution is -2.33. The van der Waals surface area contributed by atoms with Crippen LogP contribution in [-0.4, -0.2) is 37.0 Å². The minimum absolute atomic E-state index is 0. The normalized spacial score (nSPS) is 22.0. The Morgan fingerprint density at radius 1 is 1.25 bits per heavy atom. The summed E-state index contributed by atoms with van der Waals surface area (Å²) < 4.78 is 16.7. The number of hydrogen-bond acceptors (Lipinski definition) is 4. The second-order valence-electron chi connectivity index (χ2n) is 4.40. The van der Waals surface area contributed by atoms with Gasteiger partial charge in [-0.25, -0.2) is 0 Å². The van der Waals surface area contributed by atoms with Crippen molar-refractivity contribution in [1.82, 2.24) is 0 Å². The van der Waals surface area contributed by atoms with Crippen molar-refractivity contribution in [3.63, 3.8) is 0 Å². The third-order valence-corrected chi connectivity index (χ3v) is 2.83. The first kappa shape index (κ1) is 16.6. The van der Waals surface area contributed by atoms with Crippen LogP contribution in [0.1, 0.15) is 32.1 Å². The summed E-state index contributed by atoms with van der Waals surface area (Å²) in [6.07, 6.45) is 0.184. The standard InChI is InChI=1S/C14H18O5.CH4/c15-13(16)7-4-8-17-12-9-18-14(19-10-12)11-5-2-1-3-6-11;/h1-3,5-6,12,14H,4,7-10H2,(H,15,16);1H4. The molecule has 0 unspecified atom stereocenters. The van der Waals surface area contributed by atoms with E-state index in [1.54, 1.807) is 0 Å². The van der Waals surface area contributed by atoms with E-state index in [2.05, 4.69) is 0 Å². The molecule has 20 heavy (non-hydrogen) atoms. The minimum Gasteiger partial charge on any atom is -0.481 e. The third-order valence-electron chi connectivity index (χ3n) is 2.83. The molecule has 1 fully saturated rings. The van der Waals surface area contributed by atoms with E-state index in [1.165, 1.54) is 0 Å². The molecular weight excluding hydrogens is 260 g/mol. The smallest absolute Gasteiger partial charge is 0.303 e. The van der Waals surface area contributed by atoms with Crippen molar-refractivity contribution in [3.8, 4) is 0 Å². The average Bonchev–Trinajstić information content (AvgIpc) is 2.45. The number of rotatable bonds is 6. The van der Waals surface area contributed by atoms with Crippen LogP contribution >= 0.6 is 0 Å². The molecule has 1 aliphatic rings. The average molecular weight is 282 g/mol. The molecule has 1 heterocycles. The zero-order valence-corrected chi connectivity index (χ0v) is 10.7.